The smallest absolute Gasteiger partial charge is 0.144 e. The van der Waals surface area contributed by atoms with E-state index >= 15 is 0 Å². The molecule has 0 saturated heterocycles. The second-order valence-electron chi connectivity index (χ2n) is 4.73. The first kappa shape index (κ1) is 15.2. The molecule has 2 aromatic rings. The van der Waals surface area contributed by atoms with Crippen molar-refractivity contribution in [1.82, 2.24) is 10.2 Å². The number of unbranched alkanes of at least 4 members (excludes halogenated alkanes) is 1. The molecule has 0 aliphatic carbocycles. The zero-order valence-electron chi connectivity index (χ0n) is 12.3. The Labute approximate surface area is 123 Å². The number of nitrogens with zero attached hydrogens (tertiary/aromatic N) is 2. The first-order chi connectivity index (χ1) is 10.2. The fourth-order valence-electron chi connectivity index (χ4n) is 1.70. The molecule has 1 aromatic carbocycles. The Balaban J connectivity index is 1.96. The van der Waals surface area contributed by atoms with Crippen LogP contribution in [0.2, 0.25) is 0 Å². The van der Waals surface area contributed by atoms with Crippen LogP contribution >= 0.6 is 0 Å². The fourth-order valence-corrected chi connectivity index (χ4v) is 1.70. The van der Waals surface area contributed by atoms with Crippen LogP contribution in [0.4, 0.5) is 4.39 Å². The van der Waals surface area contributed by atoms with E-state index in [9.17, 15) is 4.39 Å². The largest absolute Gasteiger partial charge is 0.492 e. The molecule has 0 bridgehead atoms. The van der Waals surface area contributed by atoms with Crippen LogP contribution in [-0.4, -0.2) is 16.8 Å². The third kappa shape index (κ3) is 4.70. The predicted octanol–water partition coefficient (Wildman–Crippen LogP) is 3.68. The predicted molar refractivity (Wildman–Crippen MR) is 77.9 cm³/mol. The van der Waals surface area contributed by atoms with Gasteiger partial charge in [0.05, 0.1) is 6.61 Å². The maximum Gasteiger partial charge on any atom is 0.144 e. The van der Waals surface area contributed by atoms with E-state index in [1.807, 2.05) is 13.0 Å². The fraction of sp³-hybridized carbons (Fsp3) is 0.375. The number of aromatic nitrogens is 2. The number of halogens is 1. The number of benzene rings is 1. The summed E-state index contributed by atoms with van der Waals surface area (Å²) in [7, 11) is 0. The molecule has 2 rings (SSSR count). The van der Waals surface area contributed by atoms with Gasteiger partial charge in [0.2, 0.25) is 0 Å². The molecule has 0 amide bonds. The van der Waals surface area contributed by atoms with Crippen molar-refractivity contribution in [3.05, 3.63) is 47.5 Å². The Morgan fingerprint density at radius 3 is 2.57 bits per heavy atom. The summed E-state index contributed by atoms with van der Waals surface area (Å²) >= 11 is 0. The van der Waals surface area contributed by atoms with E-state index in [1.54, 1.807) is 12.1 Å². The Hall–Kier alpha value is -2.17. The van der Waals surface area contributed by atoms with E-state index in [0.717, 1.165) is 24.3 Å². The van der Waals surface area contributed by atoms with Crippen LogP contribution < -0.4 is 9.47 Å². The van der Waals surface area contributed by atoms with Gasteiger partial charge >= 0.3 is 0 Å². The molecule has 0 unspecified atom stereocenters. The molecule has 4 nitrogen and oxygen atoms in total. The Bertz CT molecular complexity index is 573. The second kappa shape index (κ2) is 7.57. The minimum absolute atomic E-state index is 0.267. The standard InChI is InChI=1S/C16H19FN2O2/c1-3-4-9-20-16-10-14(19-18-12(16)2)11-21-15-7-5-13(17)6-8-15/h5-8,10H,3-4,9,11H2,1-2H3. The molecule has 0 aliphatic heterocycles. The van der Waals surface area contributed by atoms with Crippen LogP contribution in [-0.2, 0) is 6.61 Å². The highest BCUT2D eigenvalue weighted by molar-refractivity contribution is 5.27. The average molecular weight is 290 g/mol. The maximum absolute atomic E-state index is 12.8. The van der Waals surface area contributed by atoms with Crippen LogP contribution in [0, 0.1) is 12.7 Å². The van der Waals surface area contributed by atoms with Gasteiger partial charge in [0.1, 0.15) is 35.3 Å². The molecule has 0 spiro atoms. The average Bonchev–Trinajstić information content (AvgIpc) is 2.49. The van der Waals surface area contributed by atoms with Gasteiger partial charge in [-0.1, -0.05) is 13.3 Å². The molecule has 21 heavy (non-hydrogen) atoms. The third-order valence-electron chi connectivity index (χ3n) is 2.94. The molecular formula is C16H19FN2O2. The second-order valence-corrected chi connectivity index (χ2v) is 4.73. The quantitative estimate of drug-likeness (QED) is 0.730. The maximum atomic E-state index is 12.8. The van der Waals surface area contributed by atoms with Crippen LogP contribution in [0.5, 0.6) is 11.5 Å². The molecule has 1 heterocycles. The Morgan fingerprint density at radius 2 is 1.86 bits per heavy atom. The van der Waals surface area contributed by atoms with E-state index < -0.39 is 0 Å². The summed E-state index contributed by atoms with van der Waals surface area (Å²) in [5, 5.41) is 8.14. The topological polar surface area (TPSA) is 44.2 Å². The summed E-state index contributed by atoms with van der Waals surface area (Å²) in [5.74, 6) is 1.03. The molecule has 5 heteroatoms. The van der Waals surface area contributed by atoms with Crippen molar-refractivity contribution in [2.24, 2.45) is 0 Å². The summed E-state index contributed by atoms with van der Waals surface area (Å²) in [6, 6.07) is 7.71. The molecule has 1 aromatic heterocycles. The summed E-state index contributed by atoms with van der Waals surface area (Å²) in [6.45, 7) is 4.91. The lowest BCUT2D eigenvalue weighted by Crippen LogP contribution is -2.05. The zero-order valence-corrected chi connectivity index (χ0v) is 12.3. The van der Waals surface area contributed by atoms with Crippen molar-refractivity contribution >= 4 is 0 Å². The Kier molecular flexibility index (Phi) is 5.49. The summed E-state index contributed by atoms with van der Waals surface area (Å²) < 4.78 is 24.0. The van der Waals surface area contributed by atoms with Crippen molar-refractivity contribution in [2.75, 3.05) is 6.61 Å². The first-order valence-corrected chi connectivity index (χ1v) is 7.03. The lowest BCUT2D eigenvalue weighted by Gasteiger charge is -2.10. The molecule has 0 radical (unpaired) electrons. The highest BCUT2D eigenvalue weighted by Crippen LogP contribution is 2.18. The highest BCUT2D eigenvalue weighted by Gasteiger charge is 2.06. The van der Waals surface area contributed by atoms with Gasteiger partial charge in [-0.2, -0.15) is 10.2 Å². The van der Waals surface area contributed by atoms with Gasteiger partial charge in [-0.15, -0.1) is 0 Å². The SMILES string of the molecule is CCCCOc1cc(COc2ccc(F)cc2)nnc1C. The lowest BCUT2D eigenvalue weighted by atomic mass is 10.3. The van der Waals surface area contributed by atoms with Crippen LogP contribution in [0.3, 0.4) is 0 Å². The number of hydrogen-bond donors (Lipinski definition) is 0. The molecule has 0 fully saturated rings. The minimum atomic E-state index is -0.288. The molecule has 112 valence electrons. The zero-order chi connectivity index (χ0) is 15.1. The number of ether oxygens (including phenoxy) is 2. The monoisotopic (exact) mass is 290 g/mol. The van der Waals surface area contributed by atoms with Gasteiger partial charge in [-0.3, -0.25) is 0 Å². The van der Waals surface area contributed by atoms with Crippen molar-refractivity contribution in [3.63, 3.8) is 0 Å². The van der Waals surface area contributed by atoms with E-state index in [4.69, 9.17) is 9.47 Å². The van der Waals surface area contributed by atoms with E-state index in [1.165, 1.54) is 12.1 Å². The van der Waals surface area contributed by atoms with Gasteiger partial charge in [0, 0.05) is 6.07 Å². The van der Waals surface area contributed by atoms with Crippen LogP contribution in [0.25, 0.3) is 0 Å². The van der Waals surface area contributed by atoms with Crippen LogP contribution in [0.15, 0.2) is 30.3 Å². The molecule has 0 aliphatic rings. The summed E-state index contributed by atoms with van der Waals surface area (Å²) in [6.07, 6.45) is 2.08. The van der Waals surface area contributed by atoms with Gasteiger partial charge < -0.3 is 9.47 Å². The van der Waals surface area contributed by atoms with Crippen molar-refractivity contribution < 1.29 is 13.9 Å². The minimum Gasteiger partial charge on any atom is -0.492 e. The van der Waals surface area contributed by atoms with Gasteiger partial charge in [-0.25, -0.2) is 4.39 Å². The highest BCUT2D eigenvalue weighted by atomic mass is 19.1. The number of rotatable bonds is 7. The van der Waals surface area contributed by atoms with Gasteiger partial charge in [-0.05, 0) is 37.6 Å². The van der Waals surface area contributed by atoms with Crippen molar-refractivity contribution in [2.45, 2.75) is 33.3 Å². The normalized spacial score (nSPS) is 10.4. The molecular weight excluding hydrogens is 271 g/mol. The summed E-state index contributed by atoms with van der Waals surface area (Å²) in [4.78, 5) is 0. The van der Waals surface area contributed by atoms with Gasteiger partial charge in [0.25, 0.3) is 0 Å². The van der Waals surface area contributed by atoms with Gasteiger partial charge in [0.15, 0.2) is 0 Å². The summed E-state index contributed by atoms with van der Waals surface area (Å²) in [5.41, 5.74) is 1.44. The third-order valence-corrected chi connectivity index (χ3v) is 2.94. The number of hydrogen-bond acceptors (Lipinski definition) is 4. The first-order valence-electron chi connectivity index (χ1n) is 7.03. The van der Waals surface area contributed by atoms with E-state index in [0.29, 0.717) is 18.1 Å². The molecule has 0 N–H and O–H groups in total. The molecule has 0 atom stereocenters. The van der Waals surface area contributed by atoms with Crippen molar-refractivity contribution in [3.8, 4) is 11.5 Å². The van der Waals surface area contributed by atoms with Crippen molar-refractivity contribution in [1.29, 1.82) is 0 Å². The molecule has 0 saturated carbocycles. The van der Waals surface area contributed by atoms with E-state index in [-0.39, 0.29) is 12.4 Å². The van der Waals surface area contributed by atoms with E-state index in [2.05, 4.69) is 17.1 Å². The lowest BCUT2D eigenvalue weighted by molar-refractivity contribution is 0.289. The van der Waals surface area contributed by atoms with Crippen LogP contribution in [0.1, 0.15) is 31.2 Å². The number of aryl methyl sites for hydroxylation is 1. The Morgan fingerprint density at radius 1 is 1.10 bits per heavy atom.